The summed E-state index contributed by atoms with van der Waals surface area (Å²) in [6.07, 6.45) is 1.84. The van der Waals surface area contributed by atoms with Crippen LogP contribution in [0.1, 0.15) is 50.7 Å². The zero-order chi connectivity index (χ0) is 25.6. The van der Waals surface area contributed by atoms with E-state index in [1.807, 2.05) is 63.4 Å². The first-order valence-electron chi connectivity index (χ1n) is 11.7. The monoisotopic (exact) mass is 498 g/mol. The van der Waals surface area contributed by atoms with Gasteiger partial charge in [0.2, 0.25) is 5.91 Å². The van der Waals surface area contributed by atoms with Gasteiger partial charge in [-0.15, -0.1) is 0 Å². The molecule has 3 rings (SSSR count). The molecule has 2 aromatic rings. The number of alkyl carbamates (subject to hydrolysis) is 1. The van der Waals surface area contributed by atoms with Crippen LogP contribution in [-0.2, 0) is 14.3 Å². The molecule has 1 aliphatic carbocycles. The van der Waals surface area contributed by atoms with Crippen molar-refractivity contribution in [3.05, 3.63) is 59.7 Å². The molecule has 0 fully saturated rings. The number of hydrogen-bond donors (Lipinski definition) is 3. The third kappa shape index (κ3) is 7.01. The molecule has 0 heterocycles. The number of carbonyl (C=O) groups is 3. The van der Waals surface area contributed by atoms with E-state index in [4.69, 9.17) is 4.74 Å². The number of carbonyl (C=O) groups excluding carboxylic acids is 2. The molecule has 0 saturated heterocycles. The SMILES string of the molecule is CSCC[C@H](NC(=O)OCC1c2ccccc2-c2ccccc21)C(=O)NC(CC(C)(C)C)C(=O)O. The molecule has 0 saturated carbocycles. The van der Waals surface area contributed by atoms with Crippen molar-refractivity contribution >= 4 is 29.7 Å². The molecule has 188 valence electrons. The van der Waals surface area contributed by atoms with E-state index in [0.717, 1.165) is 22.3 Å². The highest BCUT2D eigenvalue weighted by atomic mass is 32.2. The van der Waals surface area contributed by atoms with Crippen LogP contribution >= 0.6 is 11.8 Å². The van der Waals surface area contributed by atoms with E-state index in [1.54, 1.807) is 0 Å². The van der Waals surface area contributed by atoms with Crippen LogP contribution in [0.25, 0.3) is 11.1 Å². The number of benzene rings is 2. The summed E-state index contributed by atoms with van der Waals surface area (Å²) in [7, 11) is 0. The molecular weight excluding hydrogens is 464 g/mol. The lowest BCUT2D eigenvalue weighted by Gasteiger charge is -2.26. The van der Waals surface area contributed by atoms with Gasteiger partial charge in [0.25, 0.3) is 0 Å². The minimum Gasteiger partial charge on any atom is -0.480 e. The lowest BCUT2D eigenvalue weighted by molar-refractivity contribution is -0.143. The quantitative estimate of drug-likeness (QED) is 0.440. The number of carboxylic acid groups (broad SMARTS) is 1. The number of amides is 2. The van der Waals surface area contributed by atoms with Gasteiger partial charge < -0.3 is 20.5 Å². The predicted molar refractivity (Wildman–Crippen MR) is 139 cm³/mol. The minimum absolute atomic E-state index is 0.0881. The zero-order valence-corrected chi connectivity index (χ0v) is 21.5. The van der Waals surface area contributed by atoms with Gasteiger partial charge in [0.05, 0.1) is 0 Å². The Hall–Kier alpha value is -3.00. The summed E-state index contributed by atoms with van der Waals surface area (Å²) < 4.78 is 5.58. The summed E-state index contributed by atoms with van der Waals surface area (Å²) in [5.41, 5.74) is 4.18. The second kappa shape index (κ2) is 11.6. The molecule has 0 aliphatic heterocycles. The maximum Gasteiger partial charge on any atom is 0.407 e. The number of hydrogen-bond acceptors (Lipinski definition) is 5. The van der Waals surface area contributed by atoms with Gasteiger partial charge >= 0.3 is 12.1 Å². The van der Waals surface area contributed by atoms with Gasteiger partial charge in [-0.3, -0.25) is 4.79 Å². The van der Waals surface area contributed by atoms with E-state index in [9.17, 15) is 19.5 Å². The van der Waals surface area contributed by atoms with Crippen LogP contribution in [-0.4, -0.2) is 53.8 Å². The summed E-state index contributed by atoms with van der Waals surface area (Å²) in [5, 5.41) is 14.8. The van der Waals surface area contributed by atoms with Gasteiger partial charge in [-0.05, 0) is 52.5 Å². The highest BCUT2D eigenvalue weighted by Crippen LogP contribution is 2.44. The maximum absolute atomic E-state index is 12.9. The Balaban J connectivity index is 1.66. The van der Waals surface area contributed by atoms with Crippen molar-refractivity contribution < 1.29 is 24.2 Å². The molecule has 2 amide bonds. The molecule has 1 unspecified atom stereocenters. The van der Waals surface area contributed by atoms with Crippen LogP contribution in [0.4, 0.5) is 4.79 Å². The Morgan fingerprint density at radius 3 is 2.06 bits per heavy atom. The highest BCUT2D eigenvalue weighted by Gasteiger charge is 2.31. The van der Waals surface area contributed by atoms with E-state index >= 15 is 0 Å². The van der Waals surface area contributed by atoms with Gasteiger partial charge in [-0.25, -0.2) is 9.59 Å². The lowest BCUT2D eigenvalue weighted by Crippen LogP contribution is -2.52. The van der Waals surface area contributed by atoms with E-state index in [0.29, 0.717) is 12.2 Å². The van der Waals surface area contributed by atoms with Gasteiger partial charge in [0.15, 0.2) is 0 Å². The second-order valence-electron chi connectivity index (χ2n) is 9.97. The summed E-state index contributed by atoms with van der Waals surface area (Å²) in [4.78, 5) is 37.3. The van der Waals surface area contributed by atoms with E-state index in [2.05, 4.69) is 22.8 Å². The minimum atomic E-state index is -1.10. The standard InChI is InChI=1S/C27H34N2O5S/c1-27(2,3)15-23(25(31)32)28-24(30)22(13-14-35-4)29-26(33)34-16-21-19-11-7-5-9-17(19)18-10-6-8-12-20(18)21/h5-12,21-23H,13-16H2,1-4H3,(H,28,30)(H,29,33)(H,31,32)/t22-,23?/m0/s1. The number of thioether (sulfide) groups is 1. The molecule has 7 nitrogen and oxygen atoms in total. The third-order valence-corrected chi connectivity index (χ3v) is 6.64. The molecule has 2 atom stereocenters. The zero-order valence-electron chi connectivity index (χ0n) is 20.7. The lowest BCUT2D eigenvalue weighted by atomic mass is 9.88. The first-order chi connectivity index (χ1) is 16.6. The molecule has 1 aliphatic rings. The maximum atomic E-state index is 12.9. The van der Waals surface area contributed by atoms with Crippen LogP contribution in [0.15, 0.2) is 48.5 Å². The van der Waals surface area contributed by atoms with E-state index in [-0.39, 0.29) is 24.4 Å². The highest BCUT2D eigenvalue weighted by molar-refractivity contribution is 7.98. The van der Waals surface area contributed by atoms with E-state index in [1.165, 1.54) is 11.8 Å². The molecule has 8 heteroatoms. The van der Waals surface area contributed by atoms with Gasteiger partial charge in [0.1, 0.15) is 18.7 Å². The first kappa shape index (κ1) is 26.6. The Bertz CT molecular complexity index is 1020. The third-order valence-electron chi connectivity index (χ3n) is 5.99. The summed E-state index contributed by atoms with van der Waals surface area (Å²) >= 11 is 1.54. The van der Waals surface area contributed by atoms with Crippen molar-refractivity contribution in [2.45, 2.75) is 51.6 Å². The predicted octanol–water partition coefficient (Wildman–Crippen LogP) is 4.65. The Labute approximate surface area is 211 Å². The normalized spacial score (nSPS) is 14.4. The molecule has 3 N–H and O–H groups in total. The molecule has 2 aromatic carbocycles. The van der Waals surface area contributed by atoms with E-state index < -0.39 is 30.1 Å². The van der Waals surface area contributed by atoms with Crippen molar-refractivity contribution in [2.75, 3.05) is 18.6 Å². The van der Waals surface area contributed by atoms with Crippen molar-refractivity contribution in [2.24, 2.45) is 5.41 Å². The topological polar surface area (TPSA) is 105 Å². The fraction of sp³-hybridized carbons (Fsp3) is 0.444. The first-order valence-corrected chi connectivity index (χ1v) is 13.1. The molecular formula is C27H34N2O5S. The van der Waals surface area contributed by atoms with Gasteiger partial charge in [-0.1, -0.05) is 69.3 Å². The van der Waals surface area contributed by atoms with Crippen LogP contribution < -0.4 is 10.6 Å². The fourth-order valence-electron chi connectivity index (χ4n) is 4.37. The summed E-state index contributed by atoms with van der Waals surface area (Å²) in [5.74, 6) is -1.09. The van der Waals surface area contributed by atoms with Crippen LogP contribution in [0.3, 0.4) is 0 Å². The fourth-order valence-corrected chi connectivity index (χ4v) is 4.84. The number of aliphatic carboxylic acids is 1. The smallest absolute Gasteiger partial charge is 0.407 e. The molecule has 35 heavy (non-hydrogen) atoms. The number of fused-ring (bicyclic) bond motifs is 3. The average Bonchev–Trinajstić information content (AvgIpc) is 3.12. The van der Waals surface area contributed by atoms with Gasteiger partial charge in [0, 0.05) is 5.92 Å². The average molecular weight is 499 g/mol. The van der Waals surface area contributed by atoms with Crippen LogP contribution in [0.5, 0.6) is 0 Å². The number of ether oxygens (including phenoxy) is 1. The number of nitrogens with one attached hydrogen (secondary N) is 2. The van der Waals surface area contributed by atoms with Crippen LogP contribution in [0, 0.1) is 5.41 Å². The Morgan fingerprint density at radius 2 is 1.54 bits per heavy atom. The molecule has 0 bridgehead atoms. The van der Waals surface area contributed by atoms with Gasteiger partial charge in [-0.2, -0.15) is 11.8 Å². The molecule has 0 radical (unpaired) electrons. The number of rotatable bonds is 10. The summed E-state index contributed by atoms with van der Waals surface area (Å²) in [6.45, 7) is 5.87. The molecule has 0 aromatic heterocycles. The molecule has 0 spiro atoms. The Morgan fingerprint density at radius 1 is 0.971 bits per heavy atom. The van der Waals surface area contributed by atoms with Crippen LogP contribution in [0.2, 0.25) is 0 Å². The van der Waals surface area contributed by atoms with Crippen molar-refractivity contribution in [3.8, 4) is 11.1 Å². The second-order valence-corrected chi connectivity index (χ2v) is 11.0. The van der Waals surface area contributed by atoms with Crippen molar-refractivity contribution in [1.29, 1.82) is 0 Å². The number of carboxylic acids is 1. The van der Waals surface area contributed by atoms with Crippen molar-refractivity contribution in [1.82, 2.24) is 10.6 Å². The largest absolute Gasteiger partial charge is 0.480 e. The summed E-state index contributed by atoms with van der Waals surface area (Å²) in [6, 6.07) is 14.2. The van der Waals surface area contributed by atoms with Crippen molar-refractivity contribution in [3.63, 3.8) is 0 Å². The Kier molecular flexibility index (Phi) is 8.83.